The van der Waals surface area contributed by atoms with Gasteiger partial charge < -0.3 is 14.5 Å². The van der Waals surface area contributed by atoms with Gasteiger partial charge in [-0.2, -0.15) is 0 Å². The molecule has 1 amide bonds. The lowest BCUT2D eigenvalue weighted by Gasteiger charge is -2.16. The molecule has 1 atom stereocenters. The van der Waals surface area contributed by atoms with E-state index in [0.717, 1.165) is 27.9 Å². The fraction of sp³-hybridized carbons (Fsp3) is 0.261. The lowest BCUT2D eigenvalue weighted by atomic mass is 10.1. The highest BCUT2D eigenvalue weighted by Gasteiger charge is 2.39. The summed E-state index contributed by atoms with van der Waals surface area (Å²) in [6, 6.07) is 15.4. The molecule has 0 aliphatic carbocycles. The van der Waals surface area contributed by atoms with E-state index >= 15 is 0 Å². The van der Waals surface area contributed by atoms with Crippen molar-refractivity contribution in [3.63, 3.8) is 0 Å². The first-order chi connectivity index (χ1) is 15.1. The first kappa shape index (κ1) is 21.0. The summed E-state index contributed by atoms with van der Waals surface area (Å²) >= 11 is 1.31. The Morgan fingerprint density at radius 3 is 2.74 bits per heavy atom. The van der Waals surface area contributed by atoms with Gasteiger partial charge in [0.15, 0.2) is 5.17 Å². The van der Waals surface area contributed by atoms with Gasteiger partial charge in [-0.05, 0) is 42.3 Å². The molecule has 1 N–H and O–H groups in total. The van der Waals surface area contributed by atoms with Crippen LogP contribution in [0, 0.1) is 0 Å². The number of esters is 1. The minimum atomic E-state index is -0.530. The van der Waals surface area contributed by atoms with Crippen LogP contribution in [0.1, 0.15) is 12.0 Å². The zero-order valence-corrected chi connectivity index (χ0v) is 18.1. The Morgan fingerprint density at radius 2 is 2.00 bits per heavy atom. The molecule has 1 saturated heterocycles. The summed E-state index contributed by atoms with van der Waals surface area (Å²) in [5.41, 5.74) is 2.86. The lowest BCUT2D eigenvalue weighted by Crippen LogP contribution is -2.34. The predicted octanol–water partition coefficient (Wildman–Crippen LogP) is 3.91. The summed E-state index contributed by atoms with van der Waals surface area (Å²) in [7, 11) is 2.97. The standard InChI is InChI=1S/C23H23N3O4S/c1-29-17-8-9-19-18(12-17)15(14-24-19)10-11-26-22(28)20(13-21(27)30-2)31-23(26)25-16-6-4-3-5-7-16/h3-9,12,14,20,24H,10-11,13H2,1-2H3/t20-/m1/s1. The summed E-state index contributed by atoms with van der Waals surface area (Å²) in [6.45, 7) is 0.458. The maximum Gasteiger partial charge on any atom is 0.307 e. The molecule has 31 heavy (non-hydrogen) atoms. The van der Waals surface area contributed by atoms with Crippen molar-refractivity contribution < 1.29 is 19.1 Å². The molecule has 7 nitrogen and oxygen atoms in total. The third-order valence-corrected chi connectivity index (χ3v) is 6.34. The number of rotatable bonds is 7. The second-order valence-corrected chi connectivity index (χ2v) is 8.25. The Bertz CT molecular complexity index is 1130. The summed E-state index contributed by atoms with van der Waals surface area (Å²) in [6.07, 6.45) is 2.62. The van der Waals surface area contributed by atoms with Crippen LogP contribution in [0.4, 0.5) is 5.69 Å². The van der Waals surface area contributed by atoms with Crippen LogP contribution in [0.25, 0.3) is 10.9 Å². The molecule has 1 aliphatic rings. The minimum absolute atomic E-state index is 0.0224. The zero-order chi connectivity index (χ0) is 21.8. The molecule has 0 unspecified atom stereocenters. The van der Waals surface area contributed by atoms with E-state index < -0.39 is 11.2 Å². The van der Waals surface area contributed by atoms with Crippen LogP contribution < -0.4 is 4.74 Å². The molecule has 160 valence electrons. The number of aromatic nitrogens is 1. The number of benzene rings is 2. The molecule has 1 aromatic heterocycles. The van der Waals surface area contributed by atoms with Crippen molar-refractivity contribution in [1.82, 2.24) is 9.88 Å². The van der Waals surface area contributed by atoms with Crippen LogP contribution >= 0.6 is 11.8 Å². The minimum Gasteiger partial charge on any atom is -0.497 e. The smallest absolute Gasteiger partial charge is 0.307 e. The number of H-pyrrole nitrogens is 1. The van der Waals surface area contributed by atoms with E-state index in [-0.39, 0.29) is 12.3 Å². The Balaban J connectivity index is 1.58. The molecule has 1 aliphatic heterocycles. The number of ether oxygens (including phenoxy) is 2. The number of aromatic amines is 1. The largest absolute Gasteiger partial charge is 0.497 e. The predicted molar refractivity (Wildman–Crippen MR) is 122 cm³/mol. The molecule has 0 radical (unpaired) electrons. The van der Waals surface area contributed by atoms with E-state index in [2.05, 4.69) is 9.98 Å². The molecular weight excluding hydrogens is 414 g/mol. The Labute approximate surface area is 184 Å². The van der Waals surface area contributed by atoms with Gasteiger partial charge in [0, 0.05) is 23.6 Å². The summed E-state index contributed by atoms with van der Waals surface area (Å²) in [4.78, 5) is 34.4. The molecule has 2 aromatic carbocycles. The second-order valence-electron chi connectivity index (χ2n) is 7.08. The van der Waals surface area contributed by atoms with Crippen molar-refractivity contribution in [2.45, 2.75) is 18.1 Å². The quantitative estimate of drug-likeness (QED) is 0.567. The molecule has 0 spiro atoms. The van der Waals surface area contributed by atoms with Crippen LogP contribution in [0.3, 0.4) is 0 Å². The first-order valence-electron chi connectivity index (χ1n) is 9.91. The molecule has 0 bridgehead atoms. The fourth-order valence-electron chi connectivity index (χ4n) is 3.50. The van der Waals surface area contributed by atoms with Crippen LogP contribution in [0.2, 0.25) is 0 Å². The summed E-state index contributed by atoms with van der Waals surface area (Å²) < 4.78 is 10.1. The van der Waals surface area contributed by atoms with Gasteiger partial charge in [0.1, 0.15) is 11.0 Å². The van der Waals surface area contributed by atoms with Crippen molar-refractivity contribution >= 4 is 45.4 Å². The number of carbonyl (C=O) groups is 2. The van der Waals surface area contributed by atoms with E-state index in [1.54, 1.807) is 12.0 Å². The normalized spacial score (nSPS) is 17.5. The van der Waals surface area contributed by atoms with Gasteiger partial charge in [0.2, 0.25) is 5.91 Å². The van der Waals surface area contributed by atoms with Crippen LogP contribution in [0.5, 0.6) is 5.75 Å². The molecule has 1 fully saturated rings. The van der Waals surface area contributed by atoms with Crippen LogP contribution in [0.15, 0.2) is 59.7 Å². The number of aliphatic imine (C=N–C) groups is 1. The van der Waals surface area contributed by atoms with Gasteiger partial charge in [-0.3, -0.25) is 14.5 Å². The average molecular weight is 438 g/mol. The molecule has 4 rings (SSSR count). The number of hydrogen-bond donors (Lipinski definition) is 1. The SMILES string of the molecule is COC(=O)C[C@H]1SC(=Nc2ccccc2)N(CCc2c[nH]c3ccc(OC)cc23)C1=O. The Morgan fingerprint density at radius 1 is 1.19 bits per heavy atom. The monoisotopic (exact) mass is 437 g/mol. The van der Waals surface area contributed by atoms with Crippen LogP contribution in [-0.2, 0) is 20.7 Å². The Hall–Kier alpha value is -3.26. The highest BCUT2D eigenvalue weighted by atomic mass is 32.2. The summed E-state index contributed by atoms with van der Waals surface area (Å²) in [5, 5.41) is 1.13. The number of para-hydroxylation sites is 1. The van der Waals surface area contributed by atoms with Gasteiger partial charge >= 0.3 is 5.97 Å². The number of carbonyl (C=O) groups excluding carboxylic acids is 2. The molecule has 8 heteroatoms. The number of nitrogens with one attached hydrogen (secondary N) is 1. The van der Waals surface area contributed by atoms with Crippen molar-refractivity contribution in [2.75, 3.05) is 20.8 Å². The lowest BCUT2D eigenvalue weighted by molar-refractivity contribution is -0.142. The van der Waals surface area contributed by atoms with Crippen LogP contribution in [-0.4, -0.2) is 52.9 Å². The second kappa shape index (κ2) is 9.26. The van der Waals surface area contributed by atoms with Gasteiger partial charge in [-0.1, -0.05) is 30.0 Å². The maximum atomic E-state index is 13.1. The van der Waals surface area contributed by atoms with Gasteiger partial charge in [0.05, 0.1) is 26.3 Å². The molecular formula is C23H23N3O4S. The number of methoxy groups -OCH3 is 2. The van der Waals surface area contributed by atoms with Gasteiger partial charge in [-0.15, -0.1) is 0 Å². The third-order valence-electron chi connectivity index (χ3n) is 5.16. The van der Waals surface area contributed by atoms with Crippen molar-refractivity contribution in [3.8, 4) is 5.75 Å². The number of fused-ring (bicyclic) bond motifs is 1. The molecule has 3 aromatic rings. The molecule has 0 saturated carbocycles. The highest BCUT2D eigenvalue weighted by Crippen LogP contribution is 2.32. The number of hydrogen-bond acceptors (Lipinski definition) is 6. The first-order valence-corrected chi connectivity index (χ1v) is 10.8. The van der Waals surface area contributed by atoms with Crippen molar-refractivity contribution in [2.24, 2.45) is 4.99 Å². The number of amidine groups is 1. The number of thioether (sulfide) groups is 1. The third kappa shape index (κ3) is 4.59. The van der Waals surface area contributed by atoms with Gasteiger partial charge in [0.25, 0.3) is 0 Å². The maximum absolute atomic E-state index is 13.1. The Kier molecular flexibility index (Phi) is 6.27. The van der Waals surface area contributed by atoms with E-state index in [0.29, 0.717) is 18.1 Å². The van der Waals surface area contributed by atoms with E-state index in [4.69, 9.17) is 9.47 Å². The summed E-state index contributed by atoms with van der Waals surface area (Å²) in [5.74, 6) is 0.253. The molecule has 2 heterocycles. The van der Waals surface area contributed by atoms with E-state index in [9.17, 15) is 9.59 Å². The van der Waals surface area contributed by atoms with E-state index in [1.807, 2.05) is 54.7 Å². The number of nitrogens with zero attached hydrogens (tertiary/aromatic N) is 2. The van der Waals surface area contributed by atoms with E-state index in [1.165, 1.54) is 18.9 Å². The van der Waals surface area contributed by atoms with Crippen molar-refractivity contribution in [1.29, 1.82) is 0 Å². The fourth-order valence-corrected chi connectivity index (χ4v) is 4.67. The average Bonchev–Trinajstić information content (AvgIpc) is 3.33. The highest BCUT2D eigenvalue weighted by molar-refractivity contribution is 8.15. The van der Waals surface area contributed by atoms with Gasteiger partial charge in [-0.25, -0.2) is 4.99 Å². The topological polar surface area (TPSA) is 84.0 Å². The van der Waals surface area contributed by atoms with Crippen molar-refractivity contribution in [3.05, 3.63) is 60.3 Å². The number of amides is 1. The zero-order valence-electron chi connectivity index (χ0n) is 17.3.